The van der Waals surface area contributed by atoms with Gasteiger partial charge in [-0.15, -0.1) is 12.4 Å². The Balaban J connectivity index is 0.00000208. The molecular formula is C16H26ClN3O3S. The molecule has 1 aromatic rings. The summed E-state index contributed by atoms with van der Waals surface area (Å²) in [6.45, 7) is 5.78. The fourth-order valence-corrected chi connectivity index (χ4v) is 4.89. The number of benzene rings is 1. The van der Waals surface area contributed by atoms with E-state index in [9.17, 15) is 8.42 Å². The standard InChI is InChI=1S/C16H25N3O3S.ClH/c1-2-14-3-5-15(6-4-14)16-13-17-7-8-19(16)23(20,21)18-9-11-22-12-10-18;/h3-6,16-17H,2,7-13H2,1H3;1H. The molecule has 2 fully saturated rings. The Morgan fingerprint density at radius 3 is 2.46 bits per heavy atom. The number of morpholine rings is 1. The van der Waals surface area contributed by atoms with Gasteiger partial charge in [0.05, 0.1) is 19.3 Å². The maximum atomic E-state index is 13.0. The number of hydrogen-bond donors (Lipinski definition) is 1. The molecule has 0 aromatic heterocycles. The zero-order valence-electron chi connectivity index (χ0n) is 14.0. The van der Waals surface area contributed by atoms with E-state index in [1.54, 1.807) is 8.61 Å². The zero-order chi connectivity index (χ0) is 16.3. The summed E-state index contributed by atoms with van der Waals surface area (Å²) in [7, 11) is -3.45. The molecule has 2 heterocycles. The largest absolute Gasteiger partial charge is 0.379 e. The Labute approximate surface area is 150 Å². The van der Waals surface area contributed by atoms with Crippen molar-refractivity contribution in [2.45, 2.75) is 19.4 Å². The quantitative estimate of drug-likeness (QED) is 0.858. The highest BCUT2D eigenvalue weighted by Crippen LogP contribution is 2.27. The lowest BCUT2D eigenvalue weighted by Gasteiger charge is -2.39. The molecule has 1 N–H and O–H groups in total. The molecule has 8 heteroatoms. The van der Waals surface area contributed by atoms with E-state index in [0.717, 1.165) is 12.0 Å². The maximum absolute atomic E-state index is 13.0. The Bertz CT molecular complexity index is 618. The molecule has 3 rings (SSSR count). The molecule has 0 aliphatic carbocycles. The molecule has 24 heavy (non-hydrogen) atoms. The Hall–Kier alpha value is -0.700. The summed E-state index contributed by atoms with van der Waals surface area (Å²) in [6.07, 6.45) is 0.985. The average Bonchev–Trinajstić information content (AvgIpc) is 2.62. The highest BCUT2D eigenvalue weighted by Gasteiger charge is 2.37. The van der Waals surface area contributed by atoms with Crippen molar-refractivity contribution >= 4 is 22.6 Å². The fraction of sp³-hybridized carbons (Fsp3) is 0.625. The third kappa shape index (κ3) is 4.09. The number of ether oxygens (including phenoxy) is 1. The molecule has 1 aromatic carbocycles. The molecule has 0 amide bonds. The van der Waals surface area contributed by atoms with E-state index in [-0.39, 0.29) is 18.4 Å². The van der Waals surface area contributed by atoms with Crippen LogP contribution >= 0.6 is 12.4 Å². The summed E-state index contributed by atoms with van der Waals surface area (Å²) < 4.78 is 34.5. The fourth-order valence-electron chi connectivity index (χ4n) is 3.15. The van der Waals surface area contributed by atoms with Crippen molar-refractivity contribution in [2.24, 2.45) is 0 Å². The summed E-state index contributed by atoms with van der Waals surface area (Å²) >= 11 is 0. The van der Waals surface area contributed by atoms with Crippen LogP contribution in [0.5, 0.6) is 0 Å². The summed E-state index contributed by atoms with van der Waals surface area (Å²) in [6, 6.07) is 8.13. The summed E-state index contributed by atoms with van der Waals surface area (Å²) in [5, 5.41) is 3.32. The number of halogens is 1. The van der Waals surface area contributed by atoms with Gasteiger partial charge in [-0.3, -0.25) is 0 Å². The SMILES string of the molecule is CCc1ccc(C2CNCCN2S(=O)(=O)N2CCOCC2)cc1.Cl. The van der Waals surface area contributed by atoms with Crippen LogP contribution in [0, 0.1) is 0 Å². The van der Waals surface area contributed by atoms with Gasteiger partial charge in [0.2, 0.25) is 0 Å². The van der Waals surface area contributed by atoms with Gasteiger partial charge in [0.1, 0.15) is 0 Å². The average molecular weight is 376 g/mol. The normalized spacial score (nSPS) is 23.6. The zero-order valence-corrected chi connectivity index (χ0v) is 15.6. The topological polar surface area (TPSA) is 61.9 Å². The van der Waals surface area contributed by atoms with Crippen LogP contribution in [-0.4, -0.2) is 63.0 Å². The molecule has 0 spiro atoms. The number of aryl methyl sites for hydroxylation is 1. The lowest BCUT2D eigenvalue weighted by atomic mass is 10.0. The molecule has 2 aliphatic rings. The van der Waals surface area contributed by atoms with Crippen molar-refractivity contribution in [3.05, 3.63) is 35.4 Å². The van der Waals surface area contributed by atoms with Gasteiger partial charge in [0.15, 0.2) is 0 Å². The third-order valence-electron chi connectivity index (χ3n) is 4.56. The monoisotopic (exact) mass is 375 g/mol. The van der Waals surface area contributed by atoms with Crippen molar-refractivity contribution in [3.8, 4) is 0 Å². The molecule has 6 nitrogen and oxygen atoms in total. The molecule has 2 saturated heterocycles. The van der Waals surface area contributed by atoms with E-state index in [4.69, 9.17) is 4.74 Å². The van der Waals surface area contributed by atoms with Crippen LogP contribution in [0.15, 0.2) is 24.3 Å². The minimum absolute atomic E-state index is 0. The molecule has 0 bridgehead atoms. The maximum Gasteiger partial charge on any atom is 0.282 e. The number of hydrogen-bond acceptors (Lipinski definition) is 4. The minimum Gasteiger partial charge on any atom is -0.379 e. The highest BCUT2D eigenvalue weighted by molar-refractivity contribution is 7.86. The second-order valence-corrected chi connectivity index (χ2v) is 7.83. The molecule has 2 aliphatic heterocycles. The van der Waals surface area contributed by atoms with Crippen LogP contribution in [0.1, 0.15) is 24.1 Å². The van der Waals surface area contributed by atoms with Gasteiger partial charge in [0, 0.05) is 32.7 Å². The molecule has 1 unspecified atom stereocenters. The van der Waals surface area contributed by atoms with Crippen molar-refractivity contribution in [3.63, 3.8) is 0 Å². The molecule has 0 saturated carbocycles. The van der Waals surface area contributed by atoms with Crippen LogP contribution < -0.4 is 5.32 Å². The van der Waals surface area contributed by atoms with Gasteiger partial charge < -0.3 is 10.1 Å². The predicted octanol–water partition coefficient (Wildman–Crippen LogP) is 1.19. The van der Waals surface area contributed by atoms with E-state index in [1.165, 1.54) is 5.56 Å². The number of nitrogens with zero attached hydrogens (tertiary/aromatic N) is 2. The second kappa shape index (κ2) is 8.60. The van der Waals surface area contributed by atoms with E-state index >= 15 is 0 Å². The van der Waals surface area contributed by atoms with Gasteiger partial charge in [0.25, 0.3) is 10.2 Å². The lowest BCUT2D eigenvalue weighted by molar-refractivity contribution is 0.0685. The van der Waals surface area contributed by atoms with Crippen molar-refractivity contribution in [2.75, 3.05) is 45.9 Å². The molecular weight excluding hydrogens is 350 g/mol. The molecule has 0 radical (unpaired) electrons. The summed E-state index contributed by atoms with van der Waals surface area (Å²) in [5.41, 5.74) is 2.31. The molecule has 136 valence electrons. The van der Waals surface area contributed by atoms with Crippen molar-refractivity contribution in [1.82, 2.24) is 13.9 Å². The smallest absolute Gasteiger partial charge is 0.282 e. The van der Waals surface area contributed by atoms with Crippen molar-refractivity contribution < 1.29 is 13.2 Å². The van der Waals surface area contributed by atoms with Crippen LogP contribution in [0.4, 0.5) is 0 Å². The van der Waals surface area contributed by atoms with Gasteiger partial charge in [-0.1, -0.05) is 31.2 Å². The van der Waals surface area contributed by atoms with Gasteiger partial charge in [-0.2, -0.15) is 17.0 Å². The first kappa shape index (κ1) is 19.6. The number of nitrogens with one attached hydrogen (secondary N) is 1. The van der Waals surface area contributed by atoms with Crippen LogP contribution in [0.25, 0.3) is 0 Å². The predicted molar refractivity (Wildman–Crippen MR) is 96.7 cm³/mol. The first-order valence-corrected chi connectivity index (χ1v) is 9.67. The van der Waals surface area contributed by atoms with Crippen LogP contribution in [0.3, 0.4) is 0 Å². The van der Waals surface area contributed by atoms with Crippen LogP contribution in [-0.2, 0) is 21.4 Å². The van der Waals surface area contributed by atoms with Gasteiger partial charge in [-0.25, -0.2) is 0 Å². The first-order chi connectivity index (χ1) is 11.1. The highest BCUT2D eigenvalue weighted by atomic mass is 35.5. The Kier molecular flexibility index (Phi) is 7.03. The van der Waals surface area contributed by atoms with Crippen LogP contribution in [0.2, 0.25) is 0 Å². The van der Waals surface area contributed by atoms with E-state index in [2.05, 4.69) is 36.5 Å². The lowest BCUT2D eigenvalue weighted by Crippen LogP contribution is -2.55. The van der Waals surface area contributed by atoms with E-state index < -0.39 is 10.2 Å². The van der Waals surface area contributed by atoms with E-state index in [0.29, 0.717) is 45.9 Å². The van der Waals surface area contributed by atoms with Gasteiger partial charge in [-0.05, 0) is 17.5 Å². The van der Waals surface area contributed by atoms with Crippen molar-refractivity contribution in [1.29, 1.82) is 0 Å². The van der Waals surface area contributed by atoms with Gasteiger partial charge >= 0.3 is 0 Å². The van der Waals surface area contributed by atoms with E-state index in [1.807, 2.05) is 0 Å². The summed E-state index contributed by atoms with van der Waals surface area (Å²) in [5.74, 6) is 0. The summed E-state index contributed by atoms with van der Waals surface area (Å²) in [4.78, 5) is 0. The third-order valence-corrected chi connectivity index (χ3v) is 6.61. The number of piperazine rings is 1. The first-order valence-electron chi connectivity index (χ1n) is 8.27. The Morgan fingerprint density at radius 2 is 1.83 bits per heavy atom. The molecule has 1 atom stereocenters. The number of rotatable bonds is 4. The Morgan fingerprint density at radius 1 is 1.17 bits per heavy atom. The second-order valence-electron chi connectivity index (χ2n) is 5.94. The minimum atomic E-state index is -3.45.